The summed E-state index contributed by atoms with van der Waals surface area (Å²) >= 11 is 0. The minimum Gasteiger partial charge on any atom is -0.400 e. The lowest BCUT2D eigenvalue weighted by molar-refractivity contribution is -0.0885. The molecule has 8 heteroatoms. The fraction of sp³-hybridized carbons (Fsp3) is 0.261. The summed E-state index contributed by atoms with van der Waals surface area (Å²) in [5.74, 6) is -1.75. The molecule has 0 atom stereocenters. The minimum absolute atomic E-state index is 0.00771. The maximum Gasteiger partial charge on any atom is 0.454 e. The number of ketones is 1. The van der Waals surface area contributed by atoms with E-state index >= 15 is 0 Å². The average molecular weight is 445 g/mol. The summed E-state index contributed by atoms with van der Waals surface area (Å²) in [6, 6.07) is 19.9. The molecule has 31 heavy (non-hydrogen) atoms. The Hall–Kier alpha value is -2.84. The third-order valence-corrected chi connectivity index (χ3v) is 10.0. The fourth-order valence-electron chi connectivity index (χ4n) is 3.64. The van der Waals surface area contributed by atoms with E-state index < -0.39 is 25.8 Å². The molecule has 4 nitrogen and oxygen atoms in total. The topological polar surface area (TPSA) is 52.1 Å². The van der Waals surface area contributed by atoms with Crippen molar-refractivity contribution in [1.82, 2.24) is 9.97 Å². The highest BCUT2D eigenvalue weighted by Gasteiger charge is 2.50. The van der Waals surface area contributed by atoms with Crippen molar-refractivity contribution in [3.05, 3.63) is 84.4 Å². The van der Waals surface area contributed by atoms with Gasteiger partial charge in [-0.25, -0.2) is 9.97 Å². The molecule has 0 saturated carbocycles. The van der Waals surface area contributed by atoms with Gasteiger partial charge in [0, 0.05) is 12.4 Å². The van der Waals surface area contributed by atoms with Gasteiger partial charge < -0.3 is 4.43 Å². The zero-order valence-corrected chi connectivity index (χ0v) is 18.5. The summed E-state index contributed by atoms with van der Waals surface area (Å²) in [4.78, 5) is 19.3. The minimum atomic E-state index is -4.96. The summed E-state index contributed by atoms with van der Waals surface area (Å²) in [5.41, 5.74) is -0.596. The maximum atomic E-state index is 12.6. The molecule has 0 aliphatic carbocycles. The van der Waals surface area contributed by atoms with E-state index in [2.05, 4.69) is 30.7 Å². The second-order valence-corrected chi connectivity index (χ2v) is 12.5. The molecule has 0 N–H and O–H groups in total. The number of halogens is 3. The van der Waals surface area contributed by atoms with Gasteiger partial charge in [-0.1, -0.05) is 81.4 Å². The lowest BCUT2D eigenvalue weighted by Gasteiger charge is -2.42. The number of hydrogen-bond acceptors (Lipinski definition) is 4. The van der Waals surface area contributed by atoms with Crippen LogP contribution in [-0.2, 0) is 11.0 Å². The van der Waals surface area contributed by atoms with Gasteiger partial charge in [0.2, 0.25) is 0 Å². The molecule has 0 amide bonds. The molecule has 0 saturated heterocycles. The SMILES string of the molecule is CC(C)(C)[Si](OCc1ncc(C(=O)C(F)(F)F)cn1)(c1ccccc1)c1ccccc1. The number of rotatable bonds is 6. The van der Waals surface area contributed by atoms with Crippen molar-refractivity contribution in [2.24, 2.45) is 0 Å². The summed E-state index contributed by atoms with van der Waals surface area (Å²) < 4.78 is 44.5. The average Bonchev–Trinajstić information content (AvgIpc) is 2.74. The van der Waals surface area contributed by atoms with Crippen LogP contribution in [0.15, 0.2) is 73.1 Å². The summed E-state index contributed by atoms with van der Waals surface area (Å²) in [5, 5.41) is 1.87. The van der Waals surface area contributed by atoms with Gasteiger partial charge in [0.1, 0.15) is 0 Å². The Morgan fingerprint density at radius 2 is 1.32 bits per heavy atom. The van der Waals surface area contributed by atoms with Crippen LogP contribution in [0.3, 0.4) is 0 Å². The van der Waals surface area contributed by atoms with Gasteiger partial charge in [0.25, 0.3) is 14.1 Å². The molecule has 0 radical (unpaired) electrons. The van der Waals surface area contributed by atoms with Crippen molar-refractivity contribution in [1.29, 1.82) is 0 Å². The van der Waals surface area contributed by atoms with Crippen LogP contribution in [0.1, 0.15) is 37.0 Å². The number of nitrogens with zero attached hydrogens (tertiary/aromatic N) is 2. The summed E-state index contributed by atoms with van der Waals surface area (Å²) in [6.07, 6.45) is -3.17. The van der Waals surface area contributed by atoms with E-state index in [1.54, 1.807) is 0 Å². The van der Waals surface area contributed by atoms with Crippen LogP contribution in [0.25, 0.3) is 0 Å². The van der Waals surface area contributed by atoms with Gasteiger partial charge in [-0.15, -0.1) is 0 Å². The number of carbonyl (C=O) groups excluding carboxylic acids is 1. The summed E-state index contributed by atoms with van der Waals surface area (Å²) in [7, 11) is -2.82. The van der Waals surface area contributed by atoms with Crippen LogP contribution < -0.4 is 10.4 Å². The summed E-state index contributed by atoms with van der Waals surface area (Å²) in [6.45, 7) is 6.36. The number of carbonyl (C=O) groups is 1. The lowest BCUT2D eigenvalue weighted by atomic mass is 10.2. The lowest BCUT2D eigenvalue weighted by Crippen LogP contribution is -2.66. The third-order valence-electron chi connectivity index (χ3n) is 5.06. The Balaban J connectivity index is 1.98. The molecule has 1 aromatic heterocycles. The van der Waals surface area contributed by atoms with Crippen LogP contribution in [0.2, 0.25) is 5.04 Å². The van der Waals surface area contributed by atoms with E-state index in [-0.39, 0.29) is 17.5 Å². The number of alkyl halides is 3. The first-order chi connectivity index (χ1) is 14.6. The van der Waals surface area contributed by atoms with Crippen LogP contribution in [0, 0.1) is 0 Å². The quantitative estimate of drug-likeness (QED) is 0.420. The Morgan fingerprint density at radius 3 is 1.71 bits per heavy atom. The monoisotopic (exact) mass is 444 g/mol. The van der Waals surface area contributed by atoms with Gasteiger partial charge in [0.15, 0.2) is 5.82 Å². The van der Waals surface area contributed by atoms with Gasteiger partial charge in [-0.05, 0) is 15.4 Å². The molecule has 0 fully saturated rings. The number of hydrogen-bond donors (Lipinski definition) is 0. The fourth-order valence-corrected chi connectivity index (χ4v) is 8.15. The highest BCUT2D eigenvalue weighted by Crippen LogP contribution is 2.37. The van der Waals surface area contributed by atoms with E-state index in [0.717, 1.165) is 22.8 Å². The predicted molar refractivity (Wildman–Crippen MR) is 115 cm³/mol. The zero-order valence-electron chi connectivity index (χ0n) is 17.5. The Bertz CT molecular complexity index is 979. The number of Topliss-reactive ketones (excluding diaryl/α,β-unsaturated/α-hetero) is 1. The predicted octanol–water partition coefficient (Wildman–Crippen LogP) is 4.30. The van der Waals surface area contributed by atoms with E-state index in [0.29, 0.717) is 0 Å². The van der Waals surface area contributed by atoms with Gasteiger partial charge in [-0.3, -0.25) is 4.79 Å². The Kier molecular flexibility index (Phi) is 6.42. The van der Waals surface area contributed by atoms with Crippen molar-refractivity contribution in [3.8, 4) is 0 Å². The van der Waals surface area contributed by atoms with Crippen LogP contribution in [0.5, 0.6) is 0 Å². The first-order valence-electron chi connectivity index (χ1n) is 9.73. The van der Waals surface area contributed by atoms with E-state index in [1.807, 2.05) is 60.7 Å². The molecule has 0 bridgehead atoms. The first-order valence-corrected chi connectivity index (χ1v) is 11.6. The molecule has 0 aliphatic heterocycles. The van der Waals surface area contributed by atoms with Crippen LogP contribution >= 0.6 is 0 Å². The van der Waals surface area contributed by atoms with Gasteiger partial charge in [0.05, 0.1) is 12.2 Å². The van der Waals surface area contributed by atoms with Crippen molar-refractivity contribution < 1.29 is 22.4 Å². The van der Waals surface area contributed by atoms with Crippen LogP contribution in [0.4, 0.5) is 13.2 Å². The molecular weight excluding hydrogens is 421 g/mol. The standard InChI is InChI=1S/C23H23F3N2O2Si/c1-22(2,3)31(18-10-6-4-7-11-18,19-12-8-5-9-13-19)30-16-20-27-14-17(15-28-20)21(29)23(24,25)26/h4-15H,16H2,1-3H3. The molecule has 0 aliphatic rings. The number of benzene rings is 2. The van der Waals surface area contributed by atoms with E-state index in [1.165, 1.54) is 0 Å². The first kappa shape index (κ1) is 22.8. The molecule has 0 unspecified atom stereocenters. The second kappa shape index (κ2) is 8.72. The molecular formula is C23H23F3N2O2Si. The highest BCUT2D eigenvalue weighted by molar-refractivity contribution is 6.99. The molecule has 2 aromatic carbocycles. The van der Waals surface area contributed by atoms with E-state index in [9.17, 15) is 18.0 Å². The largest absolute Gasteiger partial charge is 0.454 e. The van der Waals surface area contributed by atoms with Crippen LogP contribution in [-0.4, -0.2) is 30.2 Å². The zero-order chi connectivity index (χ0) is 22.7. The molecule has 3 aromatic rings. The van der Waals surface area contributed by atoms with Crippen molar-refractivity contribution in [3.63, 3.8) is 0 Å². The third kappa shape index (κ3) is 4.75. The normalized spacial score (nSPS) is 12.6. The molecule has 162 valence electrons. The Labute approximate surface area is 180 Å². The van der Waals surface area contributed by atoms with E-state index in [4.69, 9.17) is 4.43 Å². The second-order valence-electron chi connectivity index (χ2n) is 8.17. The molecule has 0 spiro atoms. The smallest absolute Gasteiger partial charge is 0.400 e. The molecule has 3 rings (SSSR count). The highest BCUT2D eigenvalue weighted by atomic mass is 28.4. The van der Waals surface area contributed by atoms with Gasteiger partial charge in [-0.2, -0.15) is 13.2 Å². The van der Waals surface area contributed by atoms with Crippen molar-refractivity contribution in [2.75, 3.05) is 0 Å². The van der Waals surface area contributed by atoms with Crippen molar-refractivity contribution >= 4 is 24.5 Å². The molecule has 1 heterocycles. The van der Waals surface area contributed by atoms with Crippen molar-refractivity contribution in [2.45, 2.75) is 38.6 Å². The number of aromatic nitrogens is 2. The van der Waals surface area contributed by atoms with Gasteiger partial charge >= 0.3 is 6.18 Å². The maximum absolute atomic E-state index is 12.6. The Morgan fingerprint density at radius 1 is 0.871 bits per heavy atom.